The van der Waals surface area contributed by atoms with E-state index in [0.29, 0.717) is 23.1 Å². The van der Waals surface area contributed by atoms with Gasteiger partial charge in [0.2, 0.25) is 5.91 Å². The topological polar surface area (TPSA) is 55.4 Å². The molecule has 0 aliphatic heterocycles. The van der Waals surface area contributed by atoms with Gasteiger partial charge in [-0.25, -0.2) is 4.79 Å². The van der Waals surface area contributed by atoms with Crippen LogP contribution in [0.3, 0.4) is 0 Å². The van der Waals surface area contributed by atoms with Gasteiger partial charge >= 0.3 is 5.97 Å². The second-order valence-electron chi connectivity index (χ2n) is 6.54. The first-order valence-corrected chi connectivity index (χ1v) is 9.55. The Kier molecular flexibility index (Phi) is 6.60. The lowest BCUT2D eigenvalue weighted by molar-refractivity contribution is -0.111. The predicted octanol–water partition coefficient (Wildman–Crippen LogP) is 4.73. The first kappa shape index (κ1) is 18.7. The molecular weight excluding hydrogens is 322 g/mol. The summed E-state index contributed by atoms with van der Waals surface area (Å²) in [5.74, 6) is 0.165. The lowest BCUT2D eigenvalue weighted by Gasteiger charge is -2.21. The third kappa shape index (κ3) is 4.47. The average Bonchev–Trinajstić information content (AvgIpc) is 2.83. The average molecular weight is 349 g/mol. The zero-order valence-corrected chi connectivity index (χ0v) is 15.8. The van der Waals surface area contributed by atoms with Crippen LogP contribution in [-0.2, 0) is 22.4 Å². The molecule has 24 heavy (non-hydrogen) atoms. The molecule has 1 atom stereocenters. The van der Waals surface area contributed by atoms with Gasteiger partial charge in [-0.2, -0.15) is 0 Å². The fraction of sp³-hybridized carbons (Fsp3) is 0.579. The molecule has 0 saturated carbocycles. The lowest BCUT2D eigenvalue weighted by atomic mass is 9.84. The number of amides is 1. The van der Waals surface area contributed by atoms with E-state index in [1.54, 1.807) is 13.0 Å². The maximum Gasteiger partial charge on any atom is 0.341 e. The molecule has 2 rings (SSSR count). The Morgan fingerprint density at radius 1 is 1.33 bits per heavy atom. The minimum atomic E-state index is -0.323. The molecule has 0 saturated heterocycles. The molecule has 1 aromatic rings. The van der Waals surface area contributed by atoms with Gasteiger partial charge in [0, 0.05) is 11.0 Å². The molecule has 0 bridgehead atoms. The molecule has 0 aromatic carbocycles. The van der Waals surface area contributed by atoms with Gasteiger partial charge in [0.25, 0.3) is 0 Å². The highest BCUT2D eigenvalue weighted by molar-refractivity contribution is 7.17. The van der Waals surface area contributed by atoms with Crippen LogP contribution >= 0.6 is 11.3 Å². The number of fused-ring (bicyclic) bond motifs is 1. The van der Waals surface area contributed by atoms with E-state index in [2.05, 4.69) is 12.2 Å². The van der Waals surface area contributed by atoms with Crippen LogP contribution in [0.4, 0.5) is 5.00 Å². The third-order valence-electron chi connectivity index (χ3n) is 4.20. The summed E-state index contributed by atoms with van der Waals surface area (Å²) >= 11 is 1.54. The van der Waals surface area contributed by atoms with E-state index < -0.39 is 0 Å². The monoisotopic (exact) mass is 349 g/mol. The number of carbonyl (C=O) groups excluding carboxylic acids is 2. The van der Waals surface area contributed by atoms with E-state index in [9.17, 15) is 9.59 Å². The van der Waals surface area contributed by atoms with Crippen LogP contribution in [0.2, 0.25) is 0 Å². The van der Waals surface area contributed by atoms with Gasteiger partial charge < -0.3 is 10.1 Å². The summed E-state index contributed by atoms with van der Waals surface area (Å²) in [5, 5.41) is 3.52. The van der Waals surface area contributed by atoms with Crippen LogP contribution in [0.1, 0.15) is 67.8 Å². The summed E-state index contributed by atoms with van der Waals surface area (Å²) in [4.78, 5) is 25.8. The van der Waals surface area contributed by atoms with Crippen LogP contribution in [0.15, 0.2) is 11.6 Å². The van der Waals surface area contributed by atoms with E-state index in [1.807, 2.05) is 13.8 Å². The first-order valence-electron chi connectivity index (χ1n) is 8.73. The van der Waals surface area contributed by atoms with Crippen LogP contribution in [0, 0.1) is 5.92 Å². The van der Waals surface area contributed by atoms with Gasteiger partial charge in [0.05, 0.1) is 12.2 Å². The minimum absolute atomic E-state index is 0.191. The molecule has 132 valence electrons. The first-order chi connectivity index (χ1) is 11.5. The van der Waals surface area contributed by atoms with Crippen molar-refractivity contribution in [1.29, 1.82) is 0 Å². The zero-order valence-electron chi connectivity index (χ0n) is 15.0. The minimum Gasteiger partial charge on any atom is -0.462 e. The largest absolute Gasteiger partial charge is 0.462 e. The number of thiophene rings is 1. The van der Waals surface area contributed by atoms with Crippen molar-refractivity contribution in [3.8, 4) is 0 Å². The maximum absolute atomic E-state index is 12.4. The Balaban J connectivity index is 2.33. The second-order valence-corrected chi connectivity index (χ2v) is 7.64. The summed E-state index contributed by atoms with van der Waals surface area (Å²) in [6.07, 6.45) is 6.94. The van der Waals surface area contributed by atoms with E-state index in [4.69, 9.17) is 4.74 Å². The van der Waals surface area contributed by atoms with Gasteiger partial charge in [-0.05, 0) is 51.5 Å². The van der Waals surface area contributed by atoms with Crippen molar-refractivity contribution in [2.24, 2.45) is 5.92 Å². The molecule has 5 heteroatoms. The van der Waals surface area contributed by atoms with Gasteiger partial charge in [-0.15, -0.1) is 11.3 Å². The molecule has 0 spiro atoms. The van der Waals surface area contributed by atoms with Crippen LogP contribution < -0.4 is 5.32 Å². The van der Waals surface area contributed by atoms with Crippen LogP contribution in [0.5, 0.6) is 0 Å². The molecular formula is C19H27NO3S. The van der Waals surface area contributed by atoms with Crippen molar-refractivity contribution in [3.05, 3.63) is 27.7 Å². The van der Waals surface area contributed by atoms with E-state index in [0.717, 1.165) is 30.4 Å². The van der Waals surface area contributed by atoms with Gasteiger partial charge in [-0.1, -0.05) is 25.3 Å². The quantitative estimate of drug-likeness (QED) is 0.596. The number of allylic oxidation sites excluding steroid dienone is 1. The van der Waals surface area contributed by atoms with Crippen LogP contribution in [0.25, 0.3) is 0 Å². The number of esters is 1. The summed E-state index contributed by atoms with van der Waals surface area (Å²) < 4.78 is 5.23. The van der Waals surface area contributed by atoms with Crippen LogP contribution in [-0.4, -0.2) is 18.5 Å². The number of anilines is 1. The SMILES string of the molecule is CCC[C@@H]1CCc2c(sc(NC(=O)C=C(C)C)c2C(=O)OCC)C1. The molecule has 1 heterocycles. The van der Waals surface area contributed by atoms with Crippen molar-refractivity contribution < 1.29 is 14.3 Å². The number of hydrogen-bond donors (Lipinski definition) is 1. The standard InChI is InChI=1S/C19H27NO3S/c1-5-7-13-8-9-14-15(11-13)24-18(17(14)19(22)23-6-2)20-16(21)10-12(3)4/h10,13H,5-9,11H2,1-4H3,(H,20,21)/t13-/m1/s1. The predicted molar refractivity (Wildman–Crippen MR) is 98.8 cm³/mol. The van der Waals surface area contributed by atoms with Crippen molar-refractivity contribution in [1.82, 2.24) is 0 Å². The van der Waals surface area contributed by atoms with Crippen molar-refractivity contribution >= 4 is 28.2 Å². The lowest BCUT2D eigenvalue weighted by Crippen LogP contribution is -2.16. The molecule has 1 aliphatic carbocycles. The Labute approximate surface area is 148 Å². The molecule has 4 nitrogen and oxygen atoms in total. The third-order valence-corrected chi connectivity index (χ3v) is 5.37. The smallest absolute Gasteiger partial charge is 0.341 e. The highest BCUT2D eigenvalue weighted by Crippen LogP contribution is 2.41. The maximum atomic E-state index is 12.4. The Bertz CT molecular complexity index is 641. The molecule has 0 fully saturated rings. The van der Waals surface area contributed by atoms with Gasteiger partial charge in [0.1, 0.15) is 5.00 Å². The number of rotatable bonds is 6. The van der Waals surface area contributed by atoms with Crippen molar-refractivity contribution in [3.63, 3.8) is 0 Å². The number of carbonyl (C=O) groups is 2. The summed E-state index contributed by atoms with van der Waals surface area (Å²) in [6, 6.07) is 0. The molecule has 1 aliphatic rings. The summed E-state index contributed by atoms with van der Waals surface area (Å²) in [7, 11) is 0. The molecule has 1 amide bonds. The highest BCUT2D eigenvalue weighted by Gasteiger charge is 2.29. The number of ether oxygens (including phenoxy) is 1. The fourth-order valence-electron chi connectivity index (χ4n) is 3.23. The molecule has 0 unspecified atom stereocenters. The summed E-state index contributed by atoms with van der Waals surface area (Å²) in [6.45, 7) is 8.10. The molecule has 0 radical (unpaired) electrons. The Morgan fingerprint density at radius 3 is 2.71 bits per heavy atom. The fourth-order valence-corrected chi connectivity index (χ4v) is 4.58. The Morgan fingerprint density at radius 2 is 2.08 bits per heavy atom. The van der Waals surface area contributed by atoms with E-state index >= 15 is 0 Å². The van der Waals surface area contributed by atoms with Gasteiger partial charge in [-0.3, -0.25) is 4.79 Å². The van der Waals surface area contributed by atoms with E-state index in [1.165, 1.54) is 29.1 Å². The highest BCUT2D eigenvalue weighted by atomic mass is 32.1. The molecule has 1 aromatic heterocycles. The van der Waals surface area contributed by atoms with E-state index in [-0.39, 0.29) is 11.9 Å². The summed E-state index contributed by atoms with van der Waals surface area (Å²) in [5.41, 5.74) is 2.58. The normalized spacial score (nSPS) is 16.2. The number of nitrogens with one attached hydrogen (secondary N) is 1. The van der Waals surface area contributed by atoms with Crippen molar-refractivity contribution in [2.45, 2.75) is 59.8 Å². The zero-order chi connectivity index (χ0) is 17.7. The van der Waals surface area contributed by atoms with Gasteiger partial charge in [0.15, 0.2) is 0 Å². The Hall–Kier alpha value is -1.62. The number of hydrogen-bond acceptors (Lipinski definition) is 4. The van der Waals surface area contributed by atoms with Crippen molar-refractivity contribution in [2.75, 3.05) is 11.9 Å². The molecule has 1 N–H and O–H groups in total. The second kappa shape index (κ2) is 8.47.